The zero-order valence-electron chi connectivity index (χ0n) is 11.5. The van der Waals surface area contributed by atoms with Gasteiger partial charge < -0.3 is 10.1 Å². The molecule has 0 heterocycles. The maximum Gasteiger partial charge on any atom is 0.137 e. The van der Waals surface area contributed by atoms with Crippen LogP contribution in [0.5, 0.6) is 5.75 Å². The Hall–Kier alpha value is -1.67. The minimum absolute atomic E-state index is 0.641. The van der Waals surface area contributed by atoms with Gasteiger partial charge >= 0.3 is 0 Å². The number of hydrogen-bond donors (Lipinski definition) is 1. The van der Waals surface area contributed by atoms with Crippen molar-refractivity contribution in [2.24, 2.45) is 0 Å². The van der Waals surface area contributed by atoms with E-state index in [-0.39, 0.29) is 0 Å². The fraction of sp³-hybridized carbons (Fsp3) is 0.250. The summed E-state index contributed by atoms with van der Waals surface area (Å²) in [5.41, 5.74) is 4.84. The van der Waals surface area contributed by atoms with Gasteiger partial charge in [-0.1, -0.05) is 23.7 Å². The van der Waals surface area contributed by atoms with E-state index < -0.39 is 0 Å². The molecule has 0 spiro atoms. The van der Waals surface area contributed by atoms with Crippen molar-refractivity contribution >= 4 is 17.3 Å². The molecule has 0 radical (unpaired) electrons. The molecule has 2 nitrogen and oxygen atoms in total. The Morgan fingerprint density at radius 3 is 2.47 bits per heavy atom. The summed E-state index contributed by atoms with van der Waals surface area (Å²) in [6.07, 6.45) is 0. The second-order valence-corrected chi connectivity index (χ2v) is 5.03. The first-order chi connectivity index (χ1) is 9.10. The number of hydrogen-bond acceptors (Lipinski definition) is 2. The minimum atomic E-state index is 0.641. The van der Waals surface area contributed by atoms with Gasteiger partial charge in [0.15, 0.2) is 0 Å². The van der Waals surface area contributed by atoms with Crippen LogP contribution < -0.4 is 10.1 Å². The lowest BCUT2D eigenvalue weighted by molar-refractivity contribution is 0.415. The number of nitrogens with one attached hydrogen (secondary N) is 1. The van der Waals surface area contributed by atoms with Gasteiger partial charge in [0, 0.05) is 12.2 Å². The molecule has 0 saturated heterocycles. The molecule has 0 saturated carbocycles. The van der Waals surface area contributed by atoms with E-state index in [4.69, 9.17) is 16.3 Å². The van der Waals surface area contributed by atoms with Gasteiger partial charge in [0.25, 0.3) is 0 Å². The average Bonchev–Trinajstić information content (AvgIpc) is 2.40. The zero-order valence-corrected chi connectivity index (χ0v) is 12.2. The normalized spacial score (nSPS) is 10.3. The summed E-state index contributed by atoms with van der Waals surface area (Å²) in [5, 5.41) is 4.03. The average molecular weight is 276 g/mol. The Kier molecular flexibility index (Phi) is 4.33. The SMILES string of the molecule is COc1ccc(CNc2ccc(C)c(C)c2)cc1Cl. The van der Waals surface area contributed by atoms with Crippen molar-refractivity contribution in [2.45, 2.75) is 20.4 Å². The van der Waals surface area contributed by atoms with E-state index >= 15 is 0 Å². The highest BCUT2D eigenvalue weighted by Gasteiger charge is 2.02. The van der Waals surface area contributed by atoms with Crippen LogP contribution in [0, 0.1) is 13.8 Å². The topological polar surface area (TPSA) is 21.3 Å². The van der Waals surface area contributed by atoms with E-state index in [2.05, 4.69) is 37.4 Å². The largest absolute Gasteiger partial charge is 0.495 e. The van der Waals surface area contributed by atoms with E-state index in [0.29, 0.717) is 10.8 Å². The van der Waals surface area contributed by atoms with Gasteiger partial charge in [-0.25, -0.2) is 0 Å². The molecular formula is C16H18ClNO. The molecular weight excluding hydrogens is 258 g/mol. The van der Waals surface area contributed by atoms with Crippen molar-refractivity contribution in [2.75, 3.05) is 12.4 Å². The fourth-order valence-electron chi connectivity index (χ4n) is 1.88. The second-order valence-electron chi connectivity index (χ2n) is 4.62. The van der Waals surface area contributed by atoms with Crippen molar-refractivity contribution in [1.29, 1.82) is 0 Å². The Labute approximate surface area is 119 Å². The molecule has 0 unspecified atom stereocenters. The number of rotatable bonds is 4. The van der Waals surface area contributed by atoms with Gasteiger partial charge in [-0.15, -0.1) is 0 Å². The summed E-state index contributed by atoms with van der Waals surface area (Å²) in [6.45, 7) is 4.97. The number of anilines is 1. The number of halogens is 1. The van der Waals surface area contributed by atoms with Crippen LogP contribution in [0.4, 0.5) is 5.69 Å². The third kappa shape index (κ3) is 3.42. The van der Waals surface area contributed by atoms with E-state index in [0.717, 1.165) is 17.8 Å². The van der Waals surface area contributed by atoms with Gasteiger partial charge in [0.2, 0.25) is 0 Å². The highest BCUT2D eigenvalue weighted by atomic mass is 35.5. The molecule has 1 N–H and O–H groups in total. The van der Waals surface area contributed by atoms with Crippen LogP contribution in [0.2, 0.25) is 5.02 Å². The highest BCUT2D eigenvalue weighted by Crippen LogP contribution is 2.25. The molecule has 0 aliphatic heterocycles. The summed E-state index contributed by atoms with van der Waals surface area (Å²) in [7, 11) is 1.62. The molecule has 0 atom stereocenters. The molecule has 0 amide bonds. The first kappa shape index (κ1) is 13.8. The molecule has 0 aliphatic carbocycles. The molecule has 2 rings (SSSR count). The van der Waals surface area contributed by atoms with Crippen LogP contribution in [0.15, 0.2) is 36.4 Å². The maximum absolute atomic E-state index is 6.10. The molecule has 2 aromatic rings. The molecule has 2 aromatic carbocycles. The van der Waals surface area contributed by atoms with Crippen LogP contribution in [-0.4, -0.2) is 7.11 Å². The van der Waals surface area contributed by atoms with Crippen molar-refractivity contribution in [3.8, 4) is 5.75 Å². The van der Waals surface area contributed by atoms with E-state index in [1.165, 1.54) is 11.1 Å². The molecule has 0 bridgehead atoms. The number of aryl methyl sites for hydroxylation is 2. The Balaban J connectivity index is 2.05. The molecule has 0 fully saturated rings. The second kappa shape index (κ2) is 5.98. The predicted octanol–water partition coefficient (Wildman–Crippen LogP) is 4.58. The molecule has 100 valence electrons. The monoisotopic (exact) mass is 275 g/mol. The van der Waals surface area contributed by atoms with Crippen LogP contribution in [0.25, 0.3) is 0 Å². The standard InChI is InChI=1S/C16H18ClNO/c1-11-4-6-14(8-12(11)2)18-10-13-5-7-16(19-3)15(17)9-13/h4-9,18H,10H2,1-3H3. The highest BCUT2D eigenvalue weighted by molar-refractivity contribution is 6.32. The van der Waals surface area contributed by atoms with Gasteiger partial charge in [-0.05, 0) is 54.8 Å². The third-order valence-electron chi connectivity index (χ3n) is 3.22. The predicted molar refractivity (Wildman–Crippen MR) is 81.2 cm³/mol. The number of benzene rings is 2. The molecule has 0 aliphatic rings. The maximum atomic E-state index is 6.10. The lowest BCUT2D eigenvalue weighted by Gasteiger charge is -2.10. The molecule has 0 aromatic heterocycles. The van der Waals surface area contributed by atoms with Gasteiger partial charge in [0.05, 0.1) is 12.1 Å². The quantitative estimate of drug-likeness (QED) is 0.882. The molecule has 19 heavy (non-hydrogen) atoms. The molecule has 3 heteroatoms. The smallest absolute Gasteiger partial charge is 0.137 e. The first-order valence-corrected chi connectivity index (χ1v) is 6.61. The first-order valence-electron chi connectivity index (χ1n) is 6.23. The summed E-state index contributed by atoms with van der Waals surface area (Å²) in [4.78, 5) is 0. The van der Waals surface area contributed by atoms with Crippen molar-refractivity contribution < 1.29 is 4.74 Å². The van der Waals surface area contributed by atoms with Crippen LogP contribution in [-0.2, 0) is 6.54 Å². The number of methoxy groups -OCH3 is 1. The third-order valence-corrected chi connectivity index (χ3v) is 3.52. The summed E-state index contributed by atoms with van der Waals surface area (Å²) >= 11 is 6.10. The van der Waals surface area contributed by atoms with E-state index in [1.807, 2.05) is 18.2 Å². The van der Waals surface area contributed by atoms with Crippen LogP contribution >= 0.6 is 11.6 Å². The van der Waals surface area contributed by atoms with Gasteiger partial charge in [-0.3, -0.25) is 0 Å². The number of ether oxygens (including phenoxy) is 1. The van der Waals surface area contributed by atoms with Crippen LogP contribution in [0.3, 0.4) is 0 Å². The van der Waals surface area contributed by atoms with Crippen LogP contribution in [0.1, 0.15) is 16.7 Å². The summed E-state index contributed by atoms with van der Waals surface area (Å²) in [6, 6.07) is 12.2. The zero-order chi connectivity index (χ0) is 13.8. The van der Waals surface area contributed by atoms with Gasteiger partial charge in [-0.2, -0.15) is 0 Å². The lowest BCUT2D eigenvalue weighted by Crippen LogP contribution is -2.00. The summed E-state index contributed by atoms with van der Waals surface area (Å²) in [5.74, 6) is 0.705. The van der Waals surface area contributed by atoms with Crippen molar-refractivity contribution in [1.82, 2.24) is 0 Å². The Morgan fingerprint density at radius 2 is 1.84 bits per heavy atom. The Morgan fingerprint density at radius 1 is 1.05 bits per heavy atom. The lowest BCUT2D eigenvalue weighted by atomic mass is 10.1. The van der Waals surface area contributed by atoms with Crippen molar-refractivity contribution in [3.63, 3.8) is 0 Å². The van der Waals surface area contributed by atoms with Gasteiger partial charge in [0.1, 0.15) is 5.75 Å². The Bertz CT molecular complexity index is 581. The fourth-order valence-corrected chi connectivity index (χ4v) is 2.16. The summed E-state index contributed by atoms with van der Waals surface area (Å²) < 4.78 is 5.14. The van der Waals surface area contributed by atoms with E-state index in [1.54, 1.807) is 7.11 Å². The van der Waals surface area contributed by atoms with Crippen molar-refractivity contribution in [3.05, 3.63) is 58.1 Å². The minimum Gasteiger partial charge on any atom is -0.495 e. The van der Waals surface area contributed by atoms with E-state index in [9.17, 15) is 0 Å².